The van der Waals surface area contributed by atoms with Crippen LogP contribution in [0.15, 0.2) is 36.6 Å². The second-order valence-corrected chi connectivity index (χ2v) is 2.79. The van der Waals surface area contributed by atoms with E-state index in [1.807, 2.05) is 0 Å². The normalized spacial score (nSPS) is 9.60. The number of hydrogen-bond acceptors (Lipinski definition) is 2. The molecule has 0 aliphatic heterocycles. The van der Waals surface area contributed by atoms with E-state index in [9.17, 15) is 4.79 Å². The van der Waals surface area contributed by atoms with Crippen LogP contribution in [0.25, 0.3) is 0 Å². The summed E-state index contributed by atoms with van der Waals surface area (Å²) in [4.78, 5) is 10.7. The Morgan fingerprint density at radius 2 is 2.13 bits per heavy atom. The van der Waals surface area contributed by atoms with Gasteiger partial charge in [-0.1, -0.05) is 5.92 Å². The third kappa shape index (κ3) is 4.01. The molecule has 0 saturated heterocycles. The Kier molecular flexibility index (Phi) is 3.99. The molecule has 0 spiro atoms. The van der Waals surface area contributed by atoms with Crippen LogP contribution in [0.5, 0.6) is 5.75 Å². The van der Waals surface area contributed by atoms with Crippen LogP contribution in [0.3, 0.4) is 0 Å². The van der Waals surface area contributed by atoms with Gasteiger partial charge in [0.05, 0.1) is 6.26 Å². The number of benzene rings is 1. The first-order valence-corrected chi connectivity index (χ1v) is 4.38. The van der Waals surface area contributed by atoms with Gasteiger partial charge in [-0.3, -0.25) is 4.79 Å². The maximum atomic E-state index is 10.7. The summed E-state index contributed by atoms with van der Waals surface area (Å²) in [5.41, 5.74) is 0.732. The van der Waals surface area contributed by atoms with Gasteiger partial charge in [0.2, 0.25) is 5.91 Å². The quantitative estimate of drug-likeness (QED) is 0.601. The van der Waals surface area contributed by atoms with Gasteiger partial charge >= 0.3 is 0 Å². The van der Waals surface area contributed by atoms with Gasteiger partial charge in [0.15, 0.2) is 0 Å². The van der Waals surface area contributed by atoms with Crippen LogP contribution >= 0.6 is 0 Å². The highest BCUT2D eigenvalue weighted by atomic mass is 16.5. The lowest BCUT2D eigenvalue weighted by Crippen LogP contribution is -2.05. The summed E-state index contributed by atoms with van der Waals surface area (Å²) in [6, 6.07) is 6.99. The Labute approximate surface area is 88.8 Å². The molecule has 1 amide bonds. The van der Waals surface area contributed by atoms with Crippen LogP contribution in [0.2, 0.25) is 0 Å². The Morgan fingerprint density at radius 1 is 1.47 bits per heavy atom. The van der Waals surface area contributed by atoms with Crippen LogP contribution in [-0.4, -0.2) is 5.91 Å². The molecule has 0 heterocycles. The van der Waals surface area contributed by atoms with Crippen molar-refractivity contribution in [2.75, 3.05) is 5.32 Å². The molecule has 0 fully saturated rings. The molecule has 76 valence electrons. The third-order valence-corrected chi connectivity index (χ3v) is 1.54. The van der Waals surface area contributed by atoms with E-state index in [4.69, 9.17) is 11.2 Å². The fraction of sp³-hybridized carbons (Fsp3) is 0.0833. The summed E-state index contributed by atoms with van der Waals surface area (Å²) in [5.74, 6) is 2.87. The number of anilines is 1. The van der Waals surface area contributed by atoms with E-state index in [-0.39, 0.29) is 5.91 Å². The molecular weight excluding hydrogens is 190 g/mol. The van der Waals surface area contributed by atoms with Crippen LogP contribution in [0.4, 0.5) is 5.69 Å². The van der Waals surface area contributed by atoms with Crippen molar-refractivity contribution < 1.29 is 9.53 Å². The molecule has 0 bridgehead atoms. The number of nitrogens with one attached hydrogen (secondary N) is 1. The first-order chi connectivity index (χ1) is 7.22. The number of terminal acetylenes is 1. The zero-order chi connectivity index (χ0) is 11.1. The smallest absolute Gasteiger partial charge is 0.221 e. The molecule has 0 unspecified atom stereocenters. The fourth-order valence-electron chi connectivity index (χ4n) is 0.972. The second-order valence-electron chi connectivity index (χ2n) is 2.79. The van der Waals surface area contributed by atoms with E-state index in [1.54, 1.807) is 24.3 Å². The fourth-order valence-corrected chi connectivity index (χ4v) is 0.972. The third-order valence-electron chi connectivity index (χ3n) is 1.54. The summed E-state index contributed by atoms with van der Waals surface area (Å²) < 4.78 is 5.17. The summed E-state index contributed by atoms with van der Waals surface area (Å²) >= 11 is 0. The Hall–Kier alpha value is -2.21. The molecule has 0 aliphatic carbocycles. The summed E-state index contributed by atoms with van der Waals surface area (Å²) in [5, 5.41) is 2.65. The number of amides is 1. The van der Waals surface area contributed by atoms with Crippen LogP contribution < -0.4 is 10.1 Å². The van der Waals surface area contributed by atoms with Crippen LogP contribution in [0, 0.1) is 12.3 Å². The summed E-state index contributed by atoms with van der Waals surface area (Å²) in [6.45, 7) is 1.46. The van der Waals surface area contributed by atoms with Crippen LogP contribution in [-0.2, 0) is 4.79 Å². The first-order valence-electron chi connectivity index (χ1n) is 4.38. The highest BCUT2D eigenvalue weighted by Crippen LogP contribution is 2.15. The molecule has 3 nitrogen and oxygen atoms in total. The maximum absolute atomic E-state index is 10.7. The van der Waals surface area contributed by atoms with Crippen molar-refractivity contribution in [1.29, 1.82) is 0 Å². The Balaban J connectivity index is 2.60. The average molecular weight is 201 g/mol. The first kappa shape index (κ1) is 10.9. The second kappa shape index (κ2) is 5.51. The lowest BCUT2D eigenvalue weighted by molar-refractivity contribution is -0.114. The number of carbonyl (C=O) groups excluding carboxylic acids is 1. The van der Waals surface area contributed by atoms with Gasteiger partial charge in [-0.2, -0.15) is 0 Å². The van der Waals surface area contributed by atoms with E-state index < -0.39 is 0 Å². The highest BCUT2D eigenvalue weighted by Gasteiger charge is 1.95. The topological polar surface area (TPSA) is 38.3 Å². The number of carbonyl (C=O) groups is 1. The molecule has 0 radical (unpaired) electrons. The predicted octanol–water partition coefficient (Wildman–Crippen LogP) is 2.17. The van der Waals surface area contributed by atoms with Gasteiger partial charge < -0.3 is 10.1 Å². The molecule has 1 rings (SSSR count). The zero-order valence-corrected chi connectivity index (χ0v) is 8.36. The molecule has 1 aromatic rings. The molecular formula is C12H11NO2. The molecule has 15 heavy (non-hydrogen) atoms. The van der Waals surface area contributed by atoms with Gasteiger partial charge in [-0.15, -0.1) is 6.42 Å². The number of ether oxygens (including phenoxy) is 1. The summed E-state index contributed by atoms with van der Waals surface area (Å²) in [7, 11) is 0. The molecule has 1 N–H and O–H groups in total. The highest BCUT2D eigenvalue weighted by molar-refractivity contribution is 5.88. The minimum Gasteiger partial charge on any atom is -0.464 e. The molecule has 0 saturated carbocycles. The number of allylic oxidation sites excluding steroid dienone is 1. The van der Waals surface area contributed by atoms with Gasteiger partial charge in [0, 0.05) is 18.7 Å². The molecule has 0 atom stereocenters. The standard InChI is InChI=1S/C12H11NO2/c1-3-4-9-15-12-7-5-11(6-8-12)13-10(2)14/h1,4-9H,2H3,(H,13,14)/b9-4-. The Morgan fingerprint density at radius 3 is 2.67 bits per heavy atom. The molecule has 3 heteroatoms. The lowest BCUT2D eigenvalue weighted by Gasteiger charge is -2.03. The van der Waals surface area contributed by atoms with Crippen molar-refractivity contribution in [1.82, 2.24) is 0 Å². The van der Waals surface area contributed by atoms with E-state index in [0.717, 1.165) is 5.69 Å². The van der Waals surface area contributed by atoms with Crippen LogP contribution in [0.1, 0.15) is 6.92 Å². The van der Waals surface area contributed by atoms with E-state index >= 15 is 0 Å². The van der Waals surface area contributed by atoms with Crippen molar-refractivity contribution in [3.8, 4) is 18.1 Å². The van der Waals surface area contributed by atoms with Crippen molar-refractivity contribution in [3.63, 3.8) is 0 Å². The minimum absolute atomic E-state index is 0.101. The van der Waals surface area contributed by atoms with Gasteiger partial charge in [0.25, 0.3) is 0 Å². The largest absolute Gasteiger partial charge is 0.464 e. The van der Waals surface area contributed by atoms with Gasteiger partial charge in [-0.05, 0) is 24.3 Å². The van der Waals surface area contributed by atoms with E-state index in [1.165, 1.54) is 19.3 Å². The lowest BCUT2D eigenvalue weighted by atomic mass is 10.3. The maximum Gasteiger partial charge on any atom is 0.221 e. The molecule has 1 aromatic carbocycles. The predicted molar refractivity (Wildman–Crippen MR) is 59.3 cm³/mol. The number of hydrogen-bond donors (Lipinski definition) is 1. The van der Waals surface area contributed by atoms with Crippen molar-refractivity contribution >= 4 is 11.6 Å². The van der Waals surface area contributed by atoms with Crippen molar-refractivity contribution in [2.24, 2.45) is 0 Å². The molecule has 0 aliphatic rings. The Bertz CT molecular complexity index is 399. The van der Waals surface area contributed by atoms with Gasteiger partial charge in [0.1, 0.15) is 5.75 Å². The summed E-state index contributed by atoms with van der Waals surface area (Å²) in [6.07, 6.45) is 7.89. The van der Waals surface area contributed by atoms with E-state index in [0.29, 0.717) is 5.75 Å². The van der Waals surface area contributed by atoms with Crippen molar-refractivity contribution in [3.05, 3.63) is 36.6 Å². The molecule has 0 aromatic heterocycles. The average Bonchev–Trinajstić information content (AvgIpc) is 2.20. The van der Waals surface area contributed by atoms with Crippen molar-refractivity contribution in [2.45, 2.75) is 6.92 Å². The monoisotopic (exact) mass is 201 g/mol. The number of rotatable bonds is 3. The van der Waals surface area contributed by atoms with E-state index in [2.05, 4.69) is 11.2 Å². The SMILES string of the molecule is C#C/C=C\Oc1ccc(NC(C)=O)cc1. The zero-order valence-electron chi connectivity index (χ0n) is 8.36. The van der Waals surface area contributed by atoms with Gasteiger partial charge in [-0.25, -0.2) is 0 Å². The minimum atomic E-state index is -0.101.